The lowest BCUT2D eigenvalue weighted by atomic mass is 9.77. The fraction of sp³-hybridized carbons (Fsp3) is 0.333. The summed E-state index contributed by atoms with van der Waals surface area (Å²) in [5.74, 6) is -0.717. The van der Waals surface area contributed by atoms with E-state index in [0.29, 0.717) is 13.2 Å². The molecule has 3 aromatic rings. The van der Waals surface area contributed by atoms with Gasteiger partial charge in [0.1, 0.15) is 23.9 Å². The third kappa shape index (κ3) is 5.71. The van der Waals surface area contributed by atoms with E-state index in [4.69, 9.17) is 14.6 Å². The standard InChI is InChI=1S/C36H35FN6O5/c1-3-47-27-15-11-22(12-16-27)19-24-7-5-10-29-31(24)39-43(33(29)23-13-17-28(18-14-23)48-4-2)30(44)21-41-34-32(38-40-41)35(45)42(36(34)46)26-9-6-8-25(37)20-26/h6,8-9,11-20,29,32-34H,3-5,7,10,21H2,1-2H3/b24-19+/t29-,32+,33-,34+/m1/s1. The van der Waals surface area contributed by atoms with Crippen molar-refractivity contribution in [2.75, 3.05) is 24.7 Å². The van der Waals surface area contributed by atoms with Gasteiger partial charge in [0.05, 0.1) is 30.7 Å². The minimum Gasteiger partial charge on any atom is -0.494 e. The number of ether oxygens (including phenoxy) is 2. The lowest BCUT2D eigenvalue weighted by molar-refractivity contribution is -0.136. The van der Waals surface area contributed by atoms with Gasteiger partial charge in [-0.2, -0.15) is 10.2 Å². The number of fused-ring (bicyclic) bond motifs is 2. The van der Waals surface area contributed by atoms with Crippen molar-refractivity contribution in [2.45, 2.75) is 51.2 Å². The highest BCUT2D eigenvalue weighted by atomic mass is 19.1. The Kier molecular flexibility index (Phi) is 8.47. The molecule has 2 fully saturated rings. The van der Waals surface area contributed by atoms with Crippen LogP contribution in [0, 0.1) is 11.7 Å². The number of benzene rings is 3. The van der Waals surface area contributed by atoms with E-state index in [1.807, 2.05) is 62.4 Å². The van der Waals surface area contributed by atoms with Crippen LogP contribution < -0.4 is 14.4 Å². The molecule has 4 aliphatic rings. The van der Waals surface area contributed by atoms with Gasteiger partial charge in [0.2, 0.25) is 0 Å². The highest BCUT2D eigenvalue weighted by Gasteiger charge is 2.55. The Bertz CT molecular complexity index is 1820. The van der Waals surface area contributed by atoms with Gasteiger partial charge < -0.3 is 9.47 Å². The number of allylic oxidation sites excluding steroid dienone is 1. The van der Waals surface area contributed by atoms with Crippen molar-refractivity contribution in [1.82, 2.24) is 10.0 Å². The number of hydrogen-bond acceptors (Lipinski definition) is 9. The van der Waals surface area contributed by atoms with Crippen LogP contribution in [0.2, 0.25) is 0 Å². The van der Waals surface area contributed by atoms with E-state index in [2.05, 4.69) is 16.4 Å². The number of rotatable bonds is 9. The van der Waals surface area contributed by atoms with Crippen molar-refractivity contribution in [3.05, 3.63) is 95.3 Å². The second-order valence-electron chi connectivity index (χ2n) is 12.0. The largest absolute Gasteiger partial charge is 0.494 e. The zero-order valence-electron chi connectivity index (χ0n) is 26.7. The van der Waals surface area contributed by atoms with E-state index < -0.39 is 35.8 Å². The first-order valence-corrected chi connectivity index (χ1v) is 16.2. The summed E-state index contributed by atoms with van der Waals surface area (Å²) < 4.78 is 25.2. The van der Waals surface area contributed by atoms with E-state index in [1.165, 1.54) is 28.2 Å². The Morgan fingerprint density at radius 1 is 0.938 bits per heavy atom. The van der Waals surface area contributed by atoms with Crippen LogP contribution in [0.5, 0.6) is 11.5 Å². The molecule has 0 bridgehead atoms. The van der Waals surface area contributed by atoms with Crippen LogP contribution >= 0.6 is 0 Å². The fourth-order valence-corrected chi connectivity index (χ4v) is 6.93. The predicted octanol–water partition coefficient (Wildman–Crippen LogP) is 5.74. The number of halogens is 1. The molecule has 48 heavy (non-hydrogen) atoms. The molecule has 1 saturated heterocycles. The maximum absolute atomic E-state index is 14.2. The van der Waals surface area contributed by atoms with Crippen LogP contribution in [0.15, 0.2) is 93.8 Å². The van der Waals surface area contributed by atoms with Crippen molar-refractivity contribution in [1.29, 1.82) is 0 Å². The summed E-state index contributed by atoms with van der Waals surface area (Å²) in [6.45, 7) is 4.67. The van der Waals surface area contributed by atoms with Crippen LogP contribution in [-0.2, 0) is 14.4 Å². The number of amides is 3. The fourth-order valence-electron chi connectivity index (χ4n) is 6.93. The minimum atomic E-state index is -1.12. The summed E-state index contributed by atoms with van der Waals surface area (Å²) in [5.41, 5.74) is 3.94. The van der Waals surface area contributed by atoms with E-state index in [9.17, 15) is 18.8 Å². The Balaban J connectivity index is 1.18. The lowest BCUT2D eigenvalue weighted by Gasteiger charge is -2.30. The number of carbonyl (C=O) groups is 3. The number of nitrogens with zero attached hydrogens (tertiary/aromatic N) is 6. The molecule has 3 aliphatic heterocycles. The highest BCUT2D eigenvalue weighted by Crippen LogP contribution is 2.45. The second kappa shape index (κ2) is 13.0. The Morgan fingerprint density at radius 3 is 2.33 bits per heavy atom. The van der Waals surface area contributed by atoms with Gasteiger partial charge in [0, 0.05) is 5.92 Å². The van der Waals surface area contributed by atoms with E-state index >= 15 is 0 Å². The van der Waals surface area contributed by atoms with E-state index in [1.54, 1.807) is 0 Å². The maximum atomic E-state index is 14.2. The van der Waals surface area contributed by atoms with Crippen molar-refractivity contribution in [3.8, 4) is 11.5 Å². The van der Waals surface area contributed by atoms with Crippen LogP contribution in [0.1, 0.15) is 50.3 Å². The summed E-state index contributed by atoms with van der Waals surface area (Å²) >= 11 is 0. The van der Waals surface area contributed by atoms with Crippen molar-refractivity contribution < 1.29 is 28.2 Å². The van der Waals surface area contributed by atoms with E-state index in [-0.39, 0.29) is 24.1 Å². The summed E-state index contributed by atoms with van der Waals surface area (Å²) in [7, 11) is 0. The van der Waals surface area contributed by atoms with Crippen molar-refractivity contribution >= 4 is 35.2 Å². The number of hydrazone groups is 1. The Hall–Kier alpha value is -5.39. The van der Waals surface area contributed by atoms with Gasteiger partial charge in [0.25, 0.3) is 17.7 Å². The van der Waals surface area contributed by atoms with Crippen molar-refractivity contribution in [2.24, 2.45) is 21.4 Å². The van der Waals surface area contributed by atoms with Crippen molar-refractivity contribution in [3.63, 3.8) is 0 Å². The quantitative estimate of drug-likeness (QED) is 0.273. The molecule has 4 atom stereocenters. The number of anilines is 1. The first-order valence-electron chi connectivity index (χ1n) is 16.2. The normalized spacial score (nSPS) is 23.9. The molecule has 3 heterocycles. The number of carbonyl (C=O) groups excluding carboxylic acids is 3. The highest BCUT2D eigenvalue weighted by molar-refractivity contribution is 6.25. The van der Waals surface area contributed by atoms with Gasteiger partial charge in [-0.25, -0.2) is 14.3 Å². The molecule has 1 aliphatic carbocycles. The number of hydrogen-bond donors (Lipinski definition) is 0. The second-order valence-corrected chi connectivity index (χ2v) is 12.0. The Morgan fingerprint density at radius 2 is 1.65 bits per heavy atom. The molecule has 0 radical (unpaired) electrons. The molecule has 0 N–H and O–H groups in total. The summed E-state index contributed by atoms with van der Waals surface area (Å²) in [5, 5.41) is 15.8. The average Bonchev–Trinajstić information content (AvgIpc) is 3.75. The van der Waals surface area contributed by atoms with Gasteiger partial charge in [-0.15, -0.1) is 0 Å². The summed E-state index contributed by atoms with van der Waals surface area (Å²) in [6, 6.07) is 18.2. The molecule has 11 nitrogen and oxygen atoms in total. The Labute approximate surface area is 277 Å². The molecule has 0 spiro atoms. The molecule has 246 valence electrons. The summed E-state index contributed by atoms with van der Waals surface area (Å²) in [4.78, 5) is 41.8. The molecular formula is C36H35FN6O5. The summed E-state index contributed by atoms with van der Waals surface area (Å²) in [6.07, 6.45) is 4.70. The first kappa shape index (κ1) is 31.2. The molecule has 0 unspecified atom stereocenters. The van der Waals surface area contributed by atoms with Gasteiger partial charge in [-0.3, -0.25) is 19.4 Å². The average molecular weight is 651 g/mol. The minimum absolute atomic E-state index is 0.0549. The zero-order valence-corrected chi connectivity index (χ0v) is 26.7. The smallest absolute Gasteiger partial charge is 0.264 e. The predicted molar refractivity (Wildman–Crippen MR) is 176 cm³/mol. The molecule has 0 aromatic heterocycles. The van der Waals surface area contributed by atoms with Gasteiger partial charge in [-0.05, 0) is 98.4 Å². The van der Waals surface area contributed by atoms with Crippen LogP contribution in [0.25, 0.3) is 6.08 Å². The SMILES string of the molecule is CCOc1ccc(/C=C2\CCC[C@@H]3C2=NN(C(=O)CN2N=N[C@@H]4C(=O)N(c5cccc(F)c5)C(=O)[C@H]42)[C@@H]3c2ccc(OCC)cc2)cc1. The third-order valence-electron chi connectivity index (χ3n) is 9.04. The topological polar surface area (TPSA) is 116 Å². The lowest BCUT2D eigenvalue weighted by Crippen LogP contribution is -2.45. The van der Waals surface area contributed by atoms with Crippen LogP contribution in [-0.4, -0.2) is 65.3 Å². The first-order chi connectivity index (χ1) is 23.4. The molecule has 1 saturated carbocycles. The van der Waals surface area contributed by atoms with Gasteiger partial charge in [-0.1, -0.05) is 35.6 Å². The van der Waals surface area contributed by atoms with E-state index in [0.717, 1.165) is 64.1 Å². The zero-order chi connectivity index (χ0) is 33.4. The molecule has 12 heteroatoms. The molecule has 3 aromatic carbocycles. The molecule has 3 amide bonds. The number of imide groups is 1. The molecular weight excluding hydrogens is 615 g/mol. The monoisotopic (exact) mass is 650 g/mol. The maximum Gasteiger partial charge on any atom is 0.264 e. The molecule has 7 rings (SSSR count). The van der Waals surface area contributed by atoms with Crippen LogP contribution in [0.4, 0.5) is 10.1 Å². The van der Waals surface area contributed by atoms with Gasteiger partial charge >= 0.3 is 0 Å². The van der Waals surface area contributed by atoms with Crippen LogP contribution in [0.3, 0.4) is 0 Å². The van der Waals surface area contributed by atoms with Gasteiger partial charge in [0.15, 0.2) is 12.1 Å². The third-order valence-corrected chi connectivity index (χ3v) is 9.04.